The Labute approximate surface area is 379 Å². The lowest BCUT2D eigenvalue weighted by Gasteiger charge is -2.40. The number of unbranched alkanes of at least 4 members (excludes halogenated alkanes) is 22. The van der Waals surface area contributed by atoms with Crippen LogP contribution in [0.15, 0.2) is 60.8 Å². The van der Waals surface area contributed by atoms with E-state index in [0.717, 1.165) is 89.9 Å². The van der Waals surface area contributed by atoms with Gasteiger partial charge in [0.15, 0.2) is 6.29 Å². The van der Waals surface area contributed by atoms with Crippen LogP contribution in [0.3, 0.4) is 0 Å². The largest absolute Gasteiger partial charge is 0.394 e. The molecule has 1 rings (SSSR count). The van der Waals surface area contributed by atoms with E-state index in [1.807, 2.05) is 0 Å². The first-order valence-corrected chi connectivity index (χ1v) is 25.5. The molecule has 0 spiro atoms. The smallest absolute Gasteiger partial charge is 0.220 e. The zero-order valence-corrected chi connectivity index (χ0v) is 39.6. The summed E-state index contributed by atoms with van der Waals surface area (Å²) in [5, 5.41) is 54.5. The second-order valence-electron chi connectivity index (χ2n) is 17.6. The molecule has 7 unspecified atom stereocenters. The van der Waals surface area contributed by atoms with E-state index in [-0.39, 0.29) is 12.5 Å². The van der Waals surface area contributed by atoms with Crippen molar-refractivity contribution in [3.63, 3.8) is 0 Å². The Morgan fingerprint density at radius 1 is 0.565 bits per heavy atom. The monoisotopic (exact) mass is 874 g/mol. The van der Waals surface area contributed by atoms with Gasteiger partial charge in [0.05, 0.1) is 25.4 Å². The van der Waals surface area contributed by atoms with Crippen molar-refractivity contribution in [2.45, 2.75) is 256 Å². The molecule has 9 heteroatoms. The molecule has 1 aliphatic rings. The first kappa shape index (κ1) is 57.9. The standard InChI is InChI=1S/C53H95NO8/c1-3-5-7-9-11-13-15-17-19-21-23-24-25-27-29-31-33-35-37-39-41-43-49(57)54-46(45-61-53-52(60)51(59)50(58)48(44-55)62-53)47(56)42-40-38-36-34-32-30-28-26-22-20-18-16-14-12-10-8-6-4-2/h5,7,11,13,17,19,23-24,27,29,46-48,50-53,55-56,58-60H,3-4,6,8-10,12,14-16,18,20-22,25-26,28,30-45H2,1-2H3,(H,54,57)/b7-5-,13-11-,19-17-,24-23-,29-27-. The highest BCUT2D eigenvalue weighted by Gasteiger charge is 2.44. The summed E-state index contributed by atoms with van der Waals surface area (Å²) in [6.45, 7) is 3.71. The molecular weight excluding hydrogens is 779 g/mol. The summed E-state index contributed by atoms with van der Waals surface area (Å²) in [4.78, 5) is 13.0. The van der Waals surface area contributed by atoms with Crippen molar-refractivity contribution >= 4 is 5.91 Å². The van der Waals surface area contributed by atoms with Crippen LogP contribution in [0.1, 0.15) is 213 Å². The third kappa shape index (κ3) is 32.5. The summed E-state index contributed by atoms with van der Waals surface area (Å²) in [5.74, 6) is -0.164. The maximum Gasteiger partial charge on any atom is 0.220 e. The molecule has 1 fully saturated rings. The number of aliphatic hydroxyl groups excluding tert-OH is 5. The lowest BCUT2D eigenvalue weighted by atomic mass is 9.99. The van der Waals surface area contributed by atoms with Crippen LogP contribution in [0.25, 0.3) is 0 Å². The molecular formula is C53H95NO8. The Hall–Kier alpha value is -2.11. The average molecular weight is 874 g/mol. The SMILES string of the molecule is CC/C=C\C/C=C\C/C=C\C/C=C\C/C=C\CCCCCCCC(=O)NC(COC1OC(CO)C(O)C(O)C1O)C(O)CCCCCCCCCCCCCCCCCCCC. The number of allylic oxidation sites excluding steroid dienone is 10. The molecule has 360 valence electrons. The van der Waals surface area contributed by atoms with E-state index in [4.69, 9.17) is 9.47 Å². The fourth-order valence-electron chi connectivity index (χ4n) is 7.83. The number of amides is 1. The van der Waals surface area contributed by atoms with Crippen molar-refractivity contribution in [1.29, 1.82) is 0 Å². The van der Waals surface area contributed by atoms with Crippen LogP contribution in [0.2, 0.25) is 0 Å². The minimum absolute atomic E-state index is 0.148. The zero-order chi connectivity index (χ0) is 45.1. The van der Waals surface area contributed by atoms with Gasteiger partial charge in [0.25, 0.3) is 0 Å². The van der Waals surface area contributed by atoms with E-state index < -0.39 is 49.5 Å². The molecule has 7 atom stereocenters. The maximum absolute atomic E-state index is 13.0. The number of hydrogen-bond donors (Lipinski definition) is 6. The summed E-state index contributed by atoms with van der Waals surface area (Å²) in [6.07, 6.45) is 49.4. The molecule has 6 N–H and O–H groups in total. The molecule has 0 saturated carbocycles. The second kappa shape index (κ2) is 42.8. The Balaban J connectivity index is 2.30. The highest BCUT2D eigenvalue weighted by atomic mass is 16.7. The van der Waals surface area contributed by atoms with E-state index in [1.54, 1.807) is 0 Å². The fourth-order valence-corrected chi connectivity index (χ4v) is 7.83. The minimum atomic E-state index is -1.56. The van der Waals surface area contributed by atoms with E-state index in [2.05, 4.69) is 79.9 Å². The van der Waals surface area contributed by atoms with Gasteiger partial charge in [-0.15, -0.1) is 0 Å². The van der Waals surface area contributed by atoms with E-state index >= 15 is 0 Å². The van der Waals surface area contributed by atoms with Gasteiger partial charge in [-0.05, 0) is 57.8 Å². The topological polar surface area (TPSA) is 149 Å². The Kier molecular flexibility index (Phi) is 40.0. The number of carbonyl (C=O) groups excluding carboxylic acids is 1. The number of aliphatic hydroxyl groups is 5. The van der Waals surface area contributed by atoms with Gasteiger partial charge in [-0.2, -0.15) is 0 Å². The lowest BCUT2D eigenvalue weighted by molar-refractivity contribution is -0.302. The molecule has 62 heavy (non-hydrogen) atoms. The predicted octanol–water partition coefficient (Wildman–Crippen LogP) is 11.6. The van der Waals surface area contributed by atoms with Gasteiger partial charge in [-0.3, -0.25) is 4.79 Å². The number of carbonyl (C=O) groups is 1. The third-order valence-corrected chi connectivity index (χ3v) is 11.9. The zero-order valence-electron chi connectivity index (χ0n) is 39.6. The summed E-state index contributed by atoms with van der Waals surface area (Å²) < 4.78 is 11.3. The Morgan fingerprint density at radius 3 is 1.48 bits per heavy atom. The molecule has 0 aromatic rings. The van der Waals surface area contributed by atoms with Crippen LogP contribution in [0.5, 0.6) is 0 Å². The molecule has 1 aliphatic heterocycles. The van der Waals surface area contributed by atoms with Gasteiger partial charge in [0, 0.05) is 6.42 Å². The number of hydrogen-bond acceptors (Lipinski definition) is 8. The van der Waals surface area contributed by atoms with Gasteiger partial charge < -0.3 is 40.3 Å². The highest BCUT2D eigenvalue weighted by Crippen LogP contribution is 2.23. The van der Waals surface area contributed by atoms with Gasteiger partial charge in [0.1, 0.15) is 24.4 Å². The van der Waals surface area contributed by atoms with E-state index in [1.165, 1.54) is 96.3 Å². The molecule has 0 bridgehead atoms. The average Bonchev–Trinajstić information content (AvgIpc) is 3.27. The van der Waals surface area contributed by atoms with Gasteiger partial charge >= 0.3 is 0 Å². The van der Waals surface area contributed by atoms with Crippen LogP contribution < -0.4 is 5.32 Å². The molecule has 1 heterocycles. The van der Waals surface area contributed by atoms with Crippen molar-refractivity contribution in [2.24, 2.45) is 0 Å². The second-order valence-corrected chi connectivity index (χ2v) is 17.6. The third-order valence-electron chi connectivity index (χ3n) is 11.9. The van der Waals surface area contributed by atoms with Crippen LogP contribution in [0, 0.1) is 0 Å². The summed E-state index contributed by atoms with van der Waals surface area (Å²) in [5.41, 5.74) is 0. The van der Waals surface area contributed by atoms with Gasteiger partial charge in [-0.1, -0.05) is 209 Å². The van der Waals surface area contributed by atoms with Crippen LogP contribution in [-0.4, -0.2) is 87.5 Å². The molecule has 0 aromatic heterocycles. The van der Waals surface area contributed by atoms with Gasteiger partial charge in [0.2, 0.25) is 5.91 Å². The summed E-state index contributed by atoms with van der Waals surface area (Å²) >= 11 is 0. The Bertz CT molecular complexity index is 1150. The van der Waals surface area contributed by atoms with Gasteiger partial charge in [-0.25, -0.2) is 0 Å². The predicted molar refractivity (Wildman–Crippen MR) is 258 cm³/mol. The number of rotatable bonds is 42. The number of nitrogens with one attached hydrogen (secondary N) is 1. The van der Waals surface area contributed by atoms with Crippen molar-refractivity contribution < 1.29 is 39.8 Å². The molecule has 1 saturated heterocycles. The Morgan fingerprint density at radius 2 is 1.00 bits per heavy atom. The molecule has 0 aliphatic carbocycles. The minimum Gasteiger partial charge on any atom is -0.394 e. The van der Waals surface area contributed by atoms with Crippen molar-refractivity contribution in [3.8, 4) is 0 Å². The first-order valence-electron chi connectivity index (χ1n) is 25.5. The first-order chi connectivity index (χ1) is 30.3. The maximum atomic E-state index is 13.0. The van der Waals surface area contributed by atoms with Crippen molar-refractivity contribution in [2.75, 3.05) is 13.2 Å². The fraction of sp³-hybridized carbons (Fsp3) is 0.792. The van der Waals surface area contributed by atoms with Crippen LogP contribution in [-0.2, 0) is 14.3 Å². The molecule has 0 radical (unpaired) electrons. The highest BCUT2D eigenvalue weighted by molar-refractivity contribution is 5.76. The molecule has 9 nitrogen and oxygen atoms in total. The van der Waals surface area contributed by atoms with Crippen molar-refractivity contribution in [1.82, 2.24) is 5.32 Å². The normalized spacial score (nSPS) is 20.8. The summed E-state index contributed by atoms with van der Waals surface area (Å²) in [7, 11) is 0. The quantitative estimate of drug-likeness (QED) is 0.0262. The van der Waals surface area contributed by atoms with Crippen LogP contribution in [0.4, 0.5) is 0 Å². The lowest BCUT2D eigenvalue weighted by Crippen LogP contribution is -2.60. The van der Waals surface area contributed by atoms with E-state index in [0.29, 0.717) is 12.8 Å². The van der Waals surface area contributed by atoms with Crippen molar-refractivity contribution in [3.05, 3.63) is 60.8 Å². The van der Waals surface area contributed by atoms with E-state index in [9.17, 15) is 30.3 Å². The number of ether oxygens (including phenoxy) is 2. The molecule has 1 amide bonds. The summed E-state index contributed by atoms with van der Waals surface area (Å²) in [6, 6.07) is -0.732. The van der Waals surface area contributed by atoms with Crippen LogP contribution >= 0.6 is 0 Å². The molecule has 0 aromatic carbocycles.